The number of carbonyl (C=O) groups excluding carboxylic acids is 1. The van der Waals surface area contributed by atoms with Crippen LogP contribution in [0.25, 0.3) is 0 Å². The summed E-state index contributed by atoms with van der Waals surface area (Å²) in [5.41, 5.74) is 1.50. The van der Waals surface area contributed by atoms with E-state index in [-0.39, 0.29) is 11.7 Å². The molecule has 14 heavy (non-hydrogen) atoms. The van der Waals surface area contributed by atoms with Gasteiger partial charge in [-0.3, -0.25) is 4.79 Å². The molecule has 3 nitrogen and oxygen atoms in total. The van der Waals surface area contributed by atoms with Gasteiger partial charge in [-0.05, 0) is 37.1 Å². The second-order valence-electron chi connectivity index (χ2n) is 3.30. The summed E-state index contributed by atoms with van der Waals surface area (Å²) in [7, 11) is 0. The Bertz CT molecular complexity index is 334. The van der Waals surface area contributed by atoms with Gasteiger partial charge in [0.1, 0.15) is 5.75 Å². The number of hydrogen-bond acceptors (Lipinski definition) is 2. The number of phenolic OH excluding ortho intramolecular Hbond substituents is 1. The first-order valence-electron chi connectivity index (χ1n) is 4.73. The summed E-state index contributed by atoms with van der Waals surface area (Å²) in [5, 5.41) is 12.0. The number of phenols is 1. The zero-order valence-electron chi connectivity index (χ0n) is 8.50. The topological polar surface area (TPSA) is 49.3 Å². The van der Waals surface area contributed by atoms with Crippen LogP contribution in [0.15, 0.2) is 18.2 Å². The number of anilines is 1. The number of nitrogens with one attached hydrogen (secondary N) is 1. The quantitative estimate of drug-likeness (QED) is 0.724. The molecular formula is C11H15NO2. The Morgan fingerprint density at radius 2 is 2.21 bits per heavy atom. The normalized spacial score (nSPS) is 9.86. The lowest BCUT2D eigenvalue weighted by Gasteiger charge is -2.05. The van der Waals surface area contributed by atoms with Crippen LogP contribution in [0.3, 0.4) is 0 Å². The van der Waals surface area contributed by atoms with Gasteiger partial charge in [-0.15, -0.1) is 0 Å². The summed E-state index contributed by atoms with van der Waals surface area (Å²) in [5.74, 6) is 0.260. The molecular weight excluding hydrogens is 178 g/mol. The van der Waals surface area contributed by atoms with Crippen LogP contribution in [0.4, 0.5) is 5.69 Å². The second kappa shape index (κ2) is 4.65. The monoisotopic (exact) mass is 193 g/mol. The molecule has 3 heteroatoms. The lowest BCUT2D eigenvalue weighted by atomic mass is 10.2. The minimum Gasteiger partial charge on any atom is -0.508 e. The predicted octanol–water partition coefficient (Wildman–Crippen LogP) is 2.44. The van der Waals surface area contributed by atoms with Crippen molar-refractivity contribution >= 4 is 11.6 Å². The molecule has 0 aromatic heterocycles. The molecule has 0 aliphatic carbocycles. The predicted molar refractivity (Wildman–Crippen MR) is 56.4 cm³/mol. The van der Waals surface area contributed by atoms with Crippen molar-refractivity contribution in [3.8, 4) is 5.75 Å². The molecule has 0 fully saturated rings. The van der Waals surface area contributed by atoms with E-state index in [4.69, 9.17) is 0 Å². The third kappa shape index (κ3) is 2.76. The molecule has 0 radical (unpaired) electrons. The van der Waals surface area contributed by atoms with E-state index < -0.39 is 0 Å². The van der Waals surface area contributed by atoms with Gasteiger partial charge < -0.3 is 10.4 Å². The van der Waals surface area contributed by atoms with Crippen molar-refractivity contribution in [1.82, 2.24) is 0 Å². The molecule has 1 aromatic carbocycles. The minimum absolute atomic E-state index is 0.0117. The zero-order chi connectivity index (χ0) is 10.6. The summed E-state index contributed by atoms with van der Waals surface area (Å²) in [6.45, 7) is 3.76. The van der Waals surface area contributed by atoms with E-state index in [1.165, 1.54) is 0 Å². The molecule has 76 valence electrons. The van der Waals surface area contributed by atoms with Crippen LogP contribution < -0.4 is 5.32 Å². The molecule has 0 spiro atoms. The molecule has 0 saturated carbocycles. The van der Waals surface area contributed by atoms with Gasteiger partial charge >= 0.3 is 0 Å². The fourth-order valence-electron chi connectivity index (χ4n) is 1.18. The van der Waals surface area contributed by atoms with Crippen molar-refractivity contribution in [3.63, 3.8) is 0 Å². The number of benzene rings is 1. The molecule has 0 saturated heterocycles. The molecule has 0 heterocycles. The summed E-state index contributed by atoms with van der Waals surface area (Å²) in [6, 6.07) is 5.02. The first-order chi connectivity index (χ1) is 6.63. The molecule has 0 bridgehead atoms. The first kappa shape index (κ1) is 10.6. The third-order valence-electron chi connectivity index (χ3n) is 1.96. The van der Waals surface area contributed by atoms with E-state index in [9.17, 15) is 9.90 Å². The molecule has 1 amide bonds. The van der Waals surface area contributed by atoms with Crippen molar-refractivity contribution in [3.05, 3.63) is 23.8 Å². The van der Waals surface area contributed by atoms with Gasteiger partial charge in [0.15, 0.2) is 0 Å². The van der Waals surface area contributed by atoms with Crippen molar-refractivity contribution in [2.75, 3.05) is 5.32 Å². The standard InChI is InChI=1S/C11H15NO2/c1-3-4-11(14)12-9-5-6-10(13)8(2)7-9/h5-7,13H,3-4H2,1-2H3,(H,12,14). The number of rotatable bonds is 3. The van der Waals surface area contributed by atoms with Gasteiger partial charge in [0.2, 0.25) is 5.91 Å². The average Bonchev–Trinajstić information content (AvgIpc) is 2.12. The van der Waals surface area contributed by atoms with E-state index in [1.54, 1.807) is 25.1 Å². The SMILES string of the molecule is CCCC(=O)Nc1ccc(O)c(C)c1. The van der Waals surface area contributed by atoms with Crippen LogP contribution >= 0.6 is 0 Å². The summed E-state index contributed by atoms with van der Waals surface area (Å²) < 4.78 is 0. The Balaban J connectivity index is 2.68. The Kier molecular flexibility index (Phi) is 3.51. The molecule has 2 N–H and O–H groups in total. The fourth-order valence-corrected chi connectivity index (χ4v) is 1.18. The molecule has 1 rings (SSSR count). The largest absolute Gasteiger partial charge is 0.508 e. The summed E-state index contributed by atoms with van der Waals surface area (Å²) in [6.07, 6.45) is 1.36. The van der Waals surface area contributed by atoms with Gasteiger partial charge in [0.05, 0.1) is 0 Å². The Hall–Kier alpha value is -1.51. The lowest BCUT2D eigenvalue weighted by molar-refractivity contribution is -0.116. The van der Waals surface area contributed by atoms with Gasteiger partial charge in [-0.2, -0.15) is 0 Å². The van der Waals surface area contributed by atoms with Crippen molar-refractivity contribution < 1.29 is 9.90 Å². The number of carbonyl (C=O) groups is 1. The minimum atomic E-state index is 0.0117. The van der Waals surface area contributed by atoms with Crippen molar-refractivity contribution in [2.24, 2.45) is 0 Å². The van der Waals surface area contributed by atoms with E-state index in [1.807, 2.05) is 6.92 Å². The van der Waals surface area contributed by atoms with Crippen LogP contribution in [0, 0.1) is 6.92 Å². The lowest BCUT2D eigenvalue weighted by Crippen LogP contribution is -2.10. The molecule has 0 unspecified atom stereocenters. The van der Waals surface area contributed by atoms with Crippen LogP contribution in [0.5, 0.6) is 5.75 Å². The first-order valence-corrected chi connectivity index (χ1v) is 4.73. The zero-order valence-corrected chi connectivity index (χ0v) is 8.50. The van der Waals surface area contributed by atoms with Gasteiger partial charge in [0, 0.05) is 12.1 Å². The number of hydrogen-bond donors (Lipinski definition) is 2. The maximum atomic E-state index is 11.2. The Morgan fingerprint density at radius 3 is 2.79 bits per heavy atom. The number of aromatic hydroxyl groups is 1. The van der Waals surface area contributed by atoms with E-state index >= 15 is 0 Å². The van der Waals surface area contributed by atoms with Crippen LogP contribution in [0.2, 0.25) is 0 Å². The van der Waals surface area contributed by atoms with Gasteiger partial charge in [-0.1, -0.05) is 6.92 Å². The smallest absolute Gasteiger partial charge is 0.224 e. The maximum absolute atomic E-state index is 11.2. The average molecular weight is 193 g/mol. The Labute approximate surface area is 83.8 Å². The van der Waals surface area contributed by atoms with Crippen LogP contribution in [0.1, 0.15) is 25.3 Å². The highest BCUT2D eigenvalue weighted by Crippen LogP contribution is 2.20. The Morgan fingerprint density at radius 1 is 1.50 bits per heavy atom. The molecule has 0 atom stereocenters. The van der Waals surface area contributed by atoms with Gasteiger partial charge in [-0.25, -0.2) is 0 Å². The molecule has 0 aliphatic rings. The van der Waals surface area contributed by atoms with Crippen molar-refractivity contribution in [1.29, 1.82) is 0 Å². The van der Waals surface area contributed by atoms with Crippen LogP contribution in [-0.4, -0.2) is 11.0 Å². The fraction of sp³-hybridized carbons (Fsp3) is 0.364. The highest BCUT2D eigenvalue weighted by atomic mass is 16.3. The summed E-state index contributed by atoms with van der Waals surface area (Å²) in [4.78, 5) is 11.2. The van der Waals surface area contributed by atoms with Gasteiger partial charge in [0.25, 0.3) is 0 Å². The van der Waals surface area contributed by atoms with E-state index in [0.29, 0.717) is 6.42 Å². The molecule has 0 aliphatic heterocycles. The third-order valence-corrected chi connectivity index (χ3v) is 1.96. The number of amides is 1. The van der Waals surface area contributed by atoms with E-state index in [2.05, 4.69) is 5.32 Å². The highest BCUT2D eigenvalue weighted by Gasteiger charge is 2.02. The number of aryl methyl sites for hydroxylation is 1. The van der Waals surface area contributed by atoms with Crippen molar-refractivity contribution in [2.45, 2.75) is 26.7 Å². The molecule has 1 aromatic rings. The summed E-state index contributed by atoms with van der Waals surface area (Å²) >= 11 is 0. The van der Waals surface area contributed by atoms with Crippen LogP contribution in [-0.2, 0) is 4.79 Å². The van der Waals surface area contributed by atoms with E-state index in [0.717, 1.165) is 17.7 Å². The maximum Gasteiger partial charge on any atom is 0.224 e. The highest BCUT2D eigenvalue weighted by molar-refractivity contribution is 5.90. The second-order valence-corrected chi connectivity index (χ2v) is 3.30.